The van der Waals surface area contributed by atoms with Crippen LogP contribution in [0.25, 0.3) is 11.1 Å². The Labute approximate surface area is 116 Å². The van der Waals surface area contributed by atoms with Crippen molar-refractivity contribution >= 4 is 17.6 Å². The Hall–Kier alpha value is -1.81. The second-order valence-corrected chi connectivity index (χ2v) is 4.80. The maximum absolute atomic E-state index is 11.0. The third-order valence-electron chi connectivity index (χ3n) is 2.90. The lowest BCUT2D eigenvalue weighted by atomic mass is 10.0. The molecule has 0 aliphatic carbocycles. The normalized spacial score (nSPS) is 10.7. The average Bonchev–Trinajstić information content (AvgIpc) is 2.71. The highest BCUT2D eigenvalue weighted by Crippen LogP contribution is 2.31. The van der Waals surface area contributed by atoms with Crippen molar-refractivity contribution in [3.8, 4) is 11.1 Å². The molecule has 0 amide bonds. The van der Waals surface area contributed by atoms with Gasteiger partial charge in [-0.3, -0.25) is 4.68 Å². The molecular formula is C14H15ClN2O2. The molecule has 100 valence electrons. The summed E-state index contributed by atoms with van der Waals surface area (Å²) in [5.74, 6) is -0.962. The molecular weight excluding hydrogens is 264 g/mol. The monoisotopic (exact) mass is 278 g/mol. The Kier molecular flexibility index (Phi) is 3.90. The number of nitrogens with zero attached hydrogens (tertiary/aromatic N) is 2. The van der Waals surface area contributed by atoms with E-state index < -0.39 is 5.97 Å². The van der Waals surface area contributed by atoms with Gasteiger partial charge in [-0.2, -0.15) is 5.10 Å². The molecule has 1 heterocycles. The summed E-state index contributed by atoms with van der Waals surface area (Å²) >= 11 is 6.16. The lowest BCUT2D eigenvalue weighted by Crippen LogP contribution is -1.96. The molecule has 0 radical (unpaired) electrons. The Bertz CT molecular complexity index is 620. The summed E-state index contributed by atoms with van der Waals surface area (Å²) in [6.07, 6.45) is 2.90. The van der Waals surface area contributed by atoms with Crippen molar-refractivity contribution in [1.82, 2.24) is 9.78 Å². The van der Waals surface area contributed by atoms with Crippen LogP contribution in [0.4, 0.5) is 0 Å². The van der Waals surface area contributed by atoms with Gasteiger partial charge < -0.3 is 5.11 Å². The second kappa shape index (κ2) is 5.45. The Balaban J connectivity index is 2.51. The summed E-state index contributed by atoms with van der Waals surface area (Å²) in [5, 5.41) is 14.0. The lowest BCUT2D eigenvalue weighted by molar-refractivity contribution is 0.0697. The van der Waals surface area contributed by atoms with Crippen LogP contribution in [0.5, 0.6) is 0 Å². The molecule has 1 aromatic carbocycles. The van der Waals surface area contributed by atoms with E-state index in [1.807, 2.05) is 17.8 Å². The molecule has 0 atom stereocenters. The minimum Gasteiger partial charge on any atom is -0.478 e. The number of carboxylic acid groups (broad SMARTS) is 1. The number of aryl methyl sites for hydroxylation is 2. The summed E-state index contributed by atoms with van der Waals surface area (Å²) in [6, 6.07) is 4.70. The van der Waals surface area contributed by atoms with E-state index >= 15 is 0 Å². The molecule has 0 aliphatic rings. The van der Waals surface area contributed by atoms with Gasteiger partial charge in [0.05, 0.1) is 11.3 Å². The van der Waals surface area contributed by atoms with Crippen LogP contribution in [0, 0.1) is 6.92 Å². The number of hydrogen-bond donors (Lipinski definition) is 1. The summed E-state index contributed by atoms with van der Waals surface area (Å²) in [7, 11) is 0. The van der Waals surface area contributed by atoms with E-state index in [0.717, 1.165) is 24.2 Å². The van der Waals surface area contributed by atoms with E-state index in [1.165, 1.54) is 6.07 Å². The average molecular weight is 279 g/mol. The predicted octanol–water partition coefficient (Wildman–Crippen LogP) is 3.62. The fraction of sp³-hybridized carbons (Fsp3) is 0.286. The topological polar surface area (TPSA) is 55.1 Å². The molecule has 1 N–H and O–H groups in total. The molecule has 5 heteroatoms. The van der Waals surface area contributed by atoms with Crippen molar-refractivity contribution in [2.75, 3.05) is 0 Å². The largest absolute Gasteiger partial charge is 0.478 e. The van der Waals surface area contributed by atoms with Crippen LogP contribution in [-0.4, -0.2) is 20.9 Å². The first-order valence-corrected chi connectivity index (χ1v) is 6.48. The van der Waals surface area contributed by atoms with Crippen molar-refractivity contribution in [3.63, 3.8) is 0 Å². The number of carboxylic acids is 1. The van der Waals surface area contributed by atoms with Crippen molar-refractivity contribution < 1.29 is 9.90 Å². The predicted molar refractivity (Wildman–Crippen MR) is 74.7 cm³/mol. The van der Waals surface area contributed by atoms with Gasteiger partial charge in [0, 0.05) is 28.9 Å². The number of hydrogen-bond acceptors (Lipinski definition) is 2. The molecule has 1 aromatic heterocycles. The maximum atomic E-state index is 11.0. The third-order valence-corrected chi connectivity index (χ3v) is 3.23. The van der Waals surface area contributed by atoms with Crippen molar-refractivity contribution in [2.24, 2.45) is 0 Å². The van der Waals surface area contributed by atoms with E-state index in [4.69, 9.17) is 16.7 Å². The maximum Gasteiger partial charge on any atom is 0.335 e. The second-order valence-electron chi connectivity index (χ2n) is 4.39. The van der Waals surface area contributed by atoms with E-state index in [-0.39, 0.29) is 5.56 Å². The van der Waals surface area contributed by atoms with E-state index in [2.05, 4.69) is 12.0 Å². The Morgan fingerprint density at radius 3 is 2.79 bits per heavy atom. The van der Waals surface area contributed by atoms with Gasteiger partial charge in [-0.15, -0.1) is 0 Å². The highest BCUT2D eigenvalue weighted by atomic mass is 35.5. The van der Waals surface area contributed by atoms with Crippen LogP contribution in [0.2, 0.25) is 5.02 Å². The molecule has 19 heavy (non-hydrogen) atoms. The zero-order valence-electron chi connectivity index (χ0n) is 10.9. The van der Waals surface area contributed by atoms with Gasteiger partial charge >= 0.3 is 5.97 Å². The lowest BCUT2D eigenvalue weighted by Gasteiger charge is -2.04. The van der Waals surface area contributed by atoms with Gasteiger partial charge in [-0.05, 0) is 31.5 Å². The standard InChI is InChI=1S/C14H15ClN2O2/c1-3-6-17-8-12(9(2)16-17)11-7-10(14(18)19)4-5-13(11)15/h4-5,7-8H,3,6H2,1-2H3,(H,18,19). The van der Waals surface area contributed by atoms with Crippen LogP contribution in [0.3, 0.4) is 0 Å². The number of aromatic carboxylic acids is 1. The molecule has 0 bridgehead atoms. The summed E-state index contributed by atoms with van der Waals surface area (Å²) < 4.78 is 1.86. The van der Waals surface area contributed by atoms with Gasteiger partial charge in [0.25, 0.3) is 0 Å². The third kappa shape index (κ3) is 2.79. The van der Waals surface area contributed by atoms with Crippen molar-refractivity contribution in [3.05, 3.63) is 40.7 Å². The molecule has 0 saturated carbocycles. The summed E-state index contributed by atoms with van der Waals surface area (Å²) in [6.45, 7) is 4.80. The highest BCUT2D eigenvalue weighted by Gasteiger charge is 2.13. The van der Waals surface area contributed by atoms with Gasteiger partial charge in [0.1, 0.15) is 0 Å². The number of aromatic nitrogens is 2. The Morgan fingerprint density at radius 2 is 2.16 bits per heavy atom. The number of carbonyl (C=O) groups is 1. The first kappa shape index (κ1) is 13.6. The van der Waals surface area contributed by atoms with E-state index in [9.17, 15) is 4.79 Å². The first-order valence-electron chi connectivity index (χ1n) is 6.10. The minimum absolute atomic E-state index is 0.224. The number of benzene rings is 1. The summed E-state index contributed by atoms with van der Waals surface area (Å²) in [4.78, 5) is 11.0. The molecule has 0 spiro atoms. The van der Waals surface area contributed by atoms with Crippen molar-refractivity contribution in [1.29, 1.82) is 0 Å². The van der Waals surface area contributed by atoms with Crippen LogP contribution in [0.1, 0.15) is 29.4 Å². The molecule has 4 nitrogen and oxygen atoms in total. The van der Waals surface area contributed by atoms with Crippen molar-refractivity contribution in [2.45, 2.75) is 26.8 Å². The Morgan fingerprint density at radius 1 is 1.42 bits per heavy atom. The summed E-state index contributed by atoms with van der Waals surface area (Å²) in [5.41, 5.74) is 2.66. The van der Waals surface area contributed by atoms with Crippen LogP contribution in [-0.2, 0) is 6.54 Å². The molecule has 2 aromatic rings. The smallest absolute Gasteiger partial charge is 0.335 e. The molecule has 0 saturated heterocycles. The van der Waals surface area contributed by atoms with Crippen LogP contribution < -0.4 is 0 Å². The first-order chi connectivity index (χ1) is 9.02. The SMILES string of the molecule is CCCn1cc(-c2cc(C(=O)O)ccc2Cl)c(C)n1. The quantitative estimate of drug-likeness (QED) is 0.929. The number of rotatable bonds is 4. The van der Waals surface area contributed by atoms with Gasteiger partial charge in [0.2, 0.25) is 0 Å². The molecule has 0 aliphatic heterocycles. The zero-order valence-corrected chi connectivity index (χ0v) is 11.6. The van der Waals surface area contributed by atoms with Gasteiger partial charge in [-0.25, -0.2) is 4.79 Å². The highest BCUT2D eigenvalue weighted by molar-refractivity contribution is 6.33. The van der Waals surface area contributed by atoms with Crippen LogP contribution >= 0.6 is 11.6 Å². The number of halogens is 1. The van der Waals surface area contributed by atoms with E-state index in [1.54, 1.807) is 12.1 Å². The van der Waals surface area contributed by atoms with Gasteiger partial charge in [0.15, 0.2) is 0 Å². The fourth-order valence-corrected chi connectivity index (χ4v) is 2.21. The minimum atomic E-state index is -0.962. The molecule has 0 fully saturated rings. The fourth-order valence-electron chi connectivity index (χ4n) is 1.99. The van der Waals surface area contributed by atoms with Crippen LogP contribution in [0.15, 0.2) is 24.4 Å². The van der Waals surface area contributed by atoms with Gasteiger partial charge in [-0.1, -0.05) is 18.5 Å². The molecule has 0 unspecified atom stereocenters. The molecule has 2 rings (SSSR count). The zero-order chi connectivity index (χ0) is 14.0. The van der Waals surface area contributed by atoms with E-state index in [0.29, 0.717) is 10.6 Å².